The second kappa shape index (κ2) is 6.97. The highest BCUT2D eigenvalue weighted by Crippen LogP contribution is 2.35. The van der Waals surface area contributed by atoms with Crippen LogP contribution in [0.25, 0.3) is 0 Å². The van der Waals surface area contributed by atoms with Crippen molar-refractivity contribution in [1.82, 2.24) is 14.9 Å². The topological polar surface area (TPSA) is 66.4 Å². The molecule has 2 fully saturated rings. The summed E-state index contributed by atoms with van der Waals surface area (Å²) in [6.45, 7) is 3.18. The van der Waals surface area contributed by atoms with Crippen LogP contribution in [0.5, 0.6) is 0 Å². The Morgan fingerprint density at radius 1 is 1.15 bits per heavy atom. The summed E-state index contributed by atoms with van der Waals surface area (Å²) >= 11 is 0. The molecule has 6 nitrogen and oxygen atoms in total. The zero-order valence-electron chi connectivity index (χ0n) is 15.8. The van der Waals surface area contributed by atoms with Gasteiger partial charge in [0.1, 0.15) is 11.6 Å². The smallest absolute Gasteiger partial charge is 0.228 e. The van der Waals surface area contributed by atoms with Crippen LogP contribution >= 0.6 is 0 Å². The molecule has 1 aliphatic heterocycles. The minimum absolute atomic E-state index is 0.159. The third-order valence-corrected chi connectivity index (χ3v) is 5.98. The summed E-state index contributed by atoms with van der Waals surface area (Å²) in [5, 5.41) is 0. The third-order valence-electron chi connectivity index (χ3n) is 5.98. The van der Waals surface area contributed by atoms with Crippen LogP contribution in [0.15, 0.2) is 0 Å². The van der Waals surface area contributed by atoms with Gasteiger partial charge in [0.2, 0.25) is 11.8 Å². The molecule has 0 aromatic carbocycles. The van der Waals surface area contributed by atoms with E-state index in [1.807, 2.05) is 18.9 Å². The molecule has 6 heteroatoms. The van der Waals surface area contributed by atoms with E-state index in [1.54, 1.807) is 4.90 Å². The van der Waals surface area contributed by atoms with Crippen LogP contribution in [0.1, 0.15) is 62.0 Å². The predicted octanol–water partition coefficient (Wildman–Crippen LogP) is 2.62. The molecule has 4 rings (SSSR count). The first-order chi connectivity index (χ1) is 12.5. The quantitative estimate of drug-likeness (QED) is 0.813. The maximum absolute atomic E-state index is 12.6. The summed E-state index contributed by atoms with van der Waals surface area (Å²) in [4.78, 5) is 38.1. The largest absolute Gasteiger partial charge is 0.338 e. The second-order valence-electron chi connectivity index (χ2n) is 8.15. The molecule has 0 saturated heterocycles. The van der Waals surface area contributed by atoms with Crippen LogP contribution in [0.2, 0.25) is 0 Å². The van der Waals surface area contributed by atoms with Gasteiger partial charge in [-0.15, -0.1) is 0 Å². The Labute approximate surface area is 155 Å². The molecule has 3 aliphatic rings. The number of aromatic nitrogens is 2. The number of amides is 2. The van der Waals surface area contributed by atoms with Crippen molar-refractivity contribution in [2.24, 2.45) is 11.8 Å². The van der Waals surface area contributed by atoms with Crippen molar-refractivity contribution in [3.8, 4) is 0 Å². The average Bonchev–Trinajstić information content (AvgIpc) is 3.26. The lowest BCUT2D eigenvalue weighted by Crippen LogP contribution is -2.38. The van der Waals surface area contributed by atoms with E-state index in [9.17, 15) is 9.59 Å². The number of anilines is 1. The highest BCUT2D eigenvalue weighted by molar-refractivity contribution is 5.95. The van der Waals surface area contributed by atoms with Crippen molar-refractivity contribution in [1.29, 1.82) is 0 Å². The molecule has 26 heavy (non-hydrogen) atoms. The second-order valence-corrected chi connectivity index (χ2v) is 8.15. The Hall–Kier alpha value is -1.98. The van der Waals surface area contributed by atoms with Gasteiger partial charge < -0.3 is 4.90 Å². The van der Waals surface area contributed by atoms with Gasteiger partial charge in [0.25, 0.3) is 0 Å². The minimum Gasteiger partial charge on any atom is -0.338 e. The van der Waals surface area contributed by atoms with Crippen molar-refractivity contribution in [2.45, 2.75) is 64.8 Å². The monoisotopic (exact) mass is 356 g/mol. The van der Waals surface area contributed by atoms with Crippen molar-refractivity contribution in [3.63, 3.8) is 0 Å². The summed E-state index contributed by atoms with van der Waals surface area (Å²) in [6, 6.07) is 0. The SMILES string of the molecule is Cc1nc(CN(C)C(=O)C2CCCC2)nc2c1CCC(=O)N2CC1CC1. The number of carbonyl (C=O) groups is 2. The van der Waals surface area contributed by atoms with Crippen molar-refractivity contribution >= 4 is 17.6 Å². The van der Waals surface area contributed by atoms with Crippen LogP contribution < -0.4 is 4.90 Å². The summed E-state index contributed by atoms with van der Waals surface area (Å²) in [6.07, 6.45) is 7.96. The van der Waals surface area contributed by atoms with Crippen LogP contribution in [0.4, 0.5) is 5.82 Å². The average molecular weight is 356 g/mol. The molecule has 140 valence electrons. The molecule has 1 aromatic rings. The number of aryl methyl sites for hydroxylation is 1. The number of rotatable bonds is 5. The summed E-state index contributed by atoms with van der Waals surface area (Å²) in [7, 11) is 1.84. The lowest BCUT2D eigenvalue weighted by atomic mass is 10.0. The first-order valence-electron chi connectivity index (χ1n) is 9.94. The Morgan fingerprint density at radius 2 is 1.88 bits per heavy atom. The maximum atomic E-state index is 12.6. The standard InChI is InChI=1S/C20H28N4O2/c1-13-16-9-10-18(25)24(11-14-7-8-14)19(16)22-17(21-13)12-23(2)20(26)15-5-3-4-6-15/h14-15H,3-12H2,1-2H3. The van der Waals surface area contributed by atoms with Crippen LogP contribution in [0.3, 0.4) is 0 Å². The lowest BCUT2D eigenvalue weighted by molar-refractivity contribution is -0.134. The van der Waals surface area contributed by atoms with Crippen molar-refractivity contribution < 1.29 is 9.59 Å². The third kappa shape index (κ3) is 3.46. The molecule has 0 spiro atoms. The fourth-order valence-electron chi connectivity index (χ4n) is 4.23. The number of hydrogen-bond donors (Lipinski definition) is 0. The molecule has 2 saturated carbocycles. The first-order valence-corrected chi connectivity index (χ1v) is 9.94. The molecule has 2 amide bonds. The van der Waals surface area contributed by atoms with E-state index in [2.05, 4.69) is 4.98 Å². The molecule has 0 atom stereocenters. The predicted molar refractivity (Wildman–Crippen MR) is 98.6 cm³/mol. The Kier molecular flexibility index (Phi) is 4.67. The number of hydrogen-bond acceptors (Lipinski definition) is 4. The fraction of sp³-hybridized carbons (Fsp3) is 0.700. The van der Waals surface area contributed by atoms with E-state index in [1.165, 1.54) is 12.8 Å². The van der Waals surface area contributed by atoms with Gasteiger partial charge in [0.05, 0.1) is 6.54 Å². The molecule has 0 radical (unpaired) electrons. The molecule has 0 N–H and O–H groups in total. The number of fused-ring (bicyclic) bond motifs is 1. The van der Waals surface area contributed by atoms with Gasteiger partial charge in [-0.1, -0.05) is 12.8 Å². The molecule has 0 bridgehead atoms. The summed E-state index contributed by atoms with van der Waals surface area (Å²) in [5.41, 5.74) is 2.04. The normalized spacial score (nSPS) is 20.4. The van der Waals surface area contributed by atoms with Gasteiger partial charge in [-0.25, -0.2) is 9.97 Å². The van der Waals surface area contributed by atoms with E-state index >= 15 is 0 Å². The Balaban J connectivity index is 1.55. The zero-order valence-corrected chi connectivity index (χ0v) is 15.8. The molecular weight excluding hydrogens is 328 g/mol. The van der Waals surface area contributed by atoms with Gasteiger partial charge >= 0.3 is 0 Å². The van der Waals surface area contributed by atoms with E-state index < -0.39 is 0 Å². The summed E-state index contributed by atoms with van der Waals surface area (Å²) < 4.78 is 0. The Morgan fingerprint density at radius 3 is 2.58 bits per heavy atom. The van der Waals surface area contributed by atoms with Gasteiger partial charge in [-0.3, -0.25) is 14.5 Å². The van der Waals surface area contributed by atoms with Crippen LogP contribution in [-0.4, -0.2) is 40.3 Å². The molecular formula is C20H28N4O2. The summed E-state index contributed by atoms with van der Waals surface area (Å²) in [5.74, 6) is 2.58. The van der Waals surface area contributed by atoms with E-state index in [-0.39, 0.29) is 17.7 Å². The van der Waals surface area contributed by atoms with Crippen molar-refractivity contribution in [2.75, 3.05) is 18.5 Å². The number of nitrogens with zero attached hydrogens (tertiary/aromatic N) is 4. The maximum Gasteiger partial charge on any atom is 0.228 e. The van der Waals surface area contributed by atoms with E-state index in [4.69, 9.17) is 4.98 Å². The van der Waals surface area contributed by atoms with Gasteiger partial charge in [-0.2, -0.15) is 0 Å². The molecule has 0 unspecified atom stereocenters. The first kappa shape index (κ1) is 17.4. The molecule has 2 aliphatic carbocycles. The van der Waals surface area contributed by atoms with Crippen LogP contribution in [-0.2, 0) is 22.6 Å². The van der Waals surface area contributed by atoms with E-state index in [0.29, 0.717) is 24.7 Å². The number of carbonyl (C=O) groups excluding carboxylic acids is 2. The Bertz CT molecular complexity index is 723. The zero-order chi connectivity index (χ0) is 18.3. The van der Waals surface area contributed by atoms with E-state index in [0.717, 1.165) is 55.7 Å². The highest BCUT2D eigenvalue weighted by Gasteiger charge is 2.33. The van der Waals surface area contributed by atoms with Gasteiger partial charge in [0, 0.05) is 37.2 Å². The highest BCUT2D eigenvalue weighted by atomic mass is 16.2. The van der Waals surface area contributed by atoms with Crippen molar-refractivity contribution in [3.05, 3.63) is 17.1 Å². The van der Waals surface area contributed by atoms with Gasteiger partial charge in [-0.05, 0) is 44.9 Å². The van der Waals surface area contributed by atoms with Gasteiger partial charge in [0.15, 0.2) is 0 Å². The molecule has 2 heterocycles. The lowest BCUT2D eigenvalue weighted by Gasteiger charge is -2.30. The fourth-order valence-corrected chi connectivity index (χ4v) is 4.23. The van der Waals surface area contributed by atoms with Crippen LogP contribution in [0, 0.1) is 18.8 Å². The minimum atomic E-state index is 0.159. The molecule has 1 aromatic heterocycles.